The highest BCUT2D eigenvalue weighted by atomic mass is 32.1. The molecule has 0 saturated carbocycles. The van der Waals surface area contributed by atoms with E-state index in [1.54, 1.807) is 45.8 Å². The number of urea groups is 1. The first-order valence-corrected chi connectivity index (χ1v) is 14.6. The number of nitrogens with zero attached hydrogens (tertiary/aromatic N) is 1. The van der Waals surface area contributed by atoms with E-state index in [1.165, 1.54) is 7.11 Å². The minimum absolute atomic E-state index is 0.0833. The van der Waals surface area contributed by atoms with Gasteiger partial charge in [0, 0.05) is 9.75 Å². The molecule has 4 rings (SSSR count). The summed E-state index contributed by atoms with van der Waals surface area (Å²) in [5, 5.41) is 9.73. The minimum Gasteiger partial charge on any atom is -0.469 e. The summed E-state index contributed by atoms with van der Waals surface area (Å²) in [6.45, 7) is 3.08. The topological polar surface area (TPSA) is 106 Å². The zero-order chi connectivity index (χ0) is 27.6. The van der Waals surface area contributed by atoms with E-state index in [9.17, 15) is 14.4 Å². The van der Waals surface area contributed by atoms with Crippen LogP contribution < -0.4 is 20.1 Å². The molecule has 2 atom stereocenters. The summed E-state index contributed by atoms with van der Waals surface area (Å²) >= 11 is 3.19. The van der Waals surface area contributed by atoms with Crippen molar-refractivity contribution < 1.29 is 28.6 Å². The number of unbranched alkanes of at least 4 members (excludes halogenated alkanes) is 1. The standard InChI is InChI=1S/C28H33N3O6S2/c1-3-4-9-22(27(33)31(16-20-7-5-12-38-20)17-21-8-6-13-39-21)29-28(34)30-23(15-26(32)35-2)19-10-11-24-25(14-19)37-18-36-24/h5-8,10-14,22-23H,3-4,9,15-18H2,1-2H3,(H2,29,30,34)/t22-,23-/m1/s1. The zero-order valence-corrected chi connectivity index (χ0v) is 23.6. The highest BCUT2D eigenvalue weighted by Gasteiger charge is 2.28. The van der Waals surface area contributed by atoms with Crippen LogP contribution in [0.25, 0.3) is 0 Å². The van der Waals surface area contributed by atoms with Gasteiger partial charge in [0.2, 0.25) is 12.7 Å². The van der Waals surface area contributed by atoms with Crippen LogP contribution in [0.5, 0.6) is 11.5 Å². The number of methoxy groups -OCH3 is 1. The van der Waals surface area contributed by atoms with Crippen molar-refractivity contribution in [3.63, 3.8) is 0 Å². The van der Waals surface area contributed by atoms with Crippen molar-refractivity contribution >= 4 is 40.6 Å². The number of carbonyl (C=O) groups is 3. The number of fused-ring (bicyclic) bond motifs is 1. The molecule has 2 aromatic heterocycles. The fourth-order valence-corrected chi connectivity index (χ4v) is 5.71. The molecule has 39 heavy (non-hydrogen) atoms. The van der Waals surface area contributed by atoms with E-state index in [2.05, 4.69) is 10.6 Å². The summed E-state index contributed by atoms with van der Waals surface area (Å²) in [5.41, 5.74) is 0.660. The average Bonchev–Trinajstić information content (AvgIpc) is 3.73. The first-order chi connectivity index (χ1) is 19.0. The monoisotopic (exact) mass is 571 g/mol. The number of thiophene rings is 2. The van der Waals surface area contributed by atoms with Crippen LogP contribution >= 0.6 is 22.7 Å². The van der Waals surface area contributed by atoms with Gasteiger partial charge in [-0.05, 0) is 47.0 Å². The Labute approximate surface area is 236 Å². The maximum absolute atomic E-state index is 13.8. The molecule has 208 valence electrons. The Bertz CT molecular complexity index is 1200. The molecule has 0 aliphatic carbocycles. The van der Waals surface area contributed by atoms with E-state index in [4.69, 9.17) is 14.2 Å². The van der Waals surface area contributed by atoms with Gasteiger partial charge in [0.05, 0.1) is 32.7 Å². The molecule has 3 amide bonds. The van der Waals surface area contributed by atoms with Crippen LogP contribution in [0.15, 0.2) is 53.2 Å². The summed E-state index contributed by atoms with van der Waals surface area (Å²) in [4.78, 5) is 43.2. The molecule has 11 heteroatoms. The van der Waals surface area contributed by atoms with Gasteiger partial charge >= 0.3 is 12.0 Å². The molecule has 0 radical (unpaired) electrons. The molecular weight excluding hydrogens is 538 g/mol. The first-order valence-electron chi connectivity index (χ1n) is 12.8. The largest absolute Gasteiger partial charge is 0.469 e. The molecule has 0 spiro atoms. The van der Waals surface area contributed by atoms with Crippen molar-refractivity contribution in [2.24, 2.45) is 0 Å². The maximum Gasteiger partial charge on any atom is 0.315 e. The SMILES string of the molecule is CCCC[C@@H](NC(=O)N[C@H](CC(=O)OC)c1ccc2c(c1)OCO2)C(=O)N(Cc1cccs1)Cc1cccs1. The second-order valence-corrected chi connectivity index (χ2v) is 11.2. The van der Waals surface area contributed by atoms with Crippen molar-refractivity contribution in [1.82, 2.24) is 15.5 Å². The van der Waals surface area contributed by atoms with Crippen LogP contribution in [0.3, 0.4) is 0 Å². The van der Waals surface area contributed by atoms with Gasteiger partial charge in [-0.2, -0.15) is 0 Å². The summed E-state index contributed by atoms with van der Waals surface area (Å²) in [6, 6.07) is 11.2. The Morgan fingerprint density at radius 3 is 2.31 bits per heavy atom. The van der Waals surface area contributed by atoms with Crippen LogP contribution in [0.1, 0.15) is 54.0 Å². The summed E-state index contributed by atoms with van der Waals surface area (Å²) in [6.07, 6.45) is 2.07. The molecule has 0 fully saturated rings. The fraction of sp³-hybridized carbons (Fsp3) is 0.393. The summed E-state index contributed by atoms with van der Waals surface area (Å²) < 4.78 is 15.7. The molecule has 3 aromatic rings. The Kier molecular flexibility index (Phi) is 10.2. The molecule has 1 aliphatic heterocycles. The summed E-state index contributed by atoms with van der Waals surface area (Å²) in [5.74, 6) is 0.517. The molecule has 3 heterocycles. The van der Waals surface area contributed by atoms with Gasteiger partial charge in [-0.15, -0.1) is 22.7 Å². The minimum atomic E-state index is -0.722. The molecule has 0 saturated heterocycles. The second kappa shape index (κ2) is 14.0. The molecule has 0 unspecified atom stereocenters. The third-order valence-electron chi connectivity index (χ3n) is 6.32. The van der Waals surface area contributed by atoms with Crippen LogP contribution in [-0.4, -0.2) is 42.8 Å². The maximum atomic E-state index is 13.8. The molecule has 2 N–H and O–H groups in total. The lowest BCUT2D eigenvalue weighted by atomic mass is 10.0. The van der Waals surface area contributed by atoms with Gasteiger partial charge in [0.1, 0.15) is 6.04 Å². The number of hydrogen-bond acceptors (Lipinski definition) is 8. The lowest BCUT2D eigenvalue weighted by molar-refractivity contribution is -0.141. The van der Waals surface area contributed by atoms with E-state index < -0.39 is 24.1 Å². The molecule has 1 aliphatic rings. The van der Waals surface area contributed by atoms with Crippen LogP contribution in [-0.2, 0) is 27.4 Å². The van der Waals surface area contributed by atoms with Crippen LogP contribution in [0.4, 0.5) is 4.79 Å². The second-order valence-electron chi connectivity index (χ2n) is 9.11. The molecule has 9 nitrogen and oxygen atoms in total. The van der Waals surface area contributed by atoms with Gasteiger partial charge in [-0.1, -0.05) is 38.0 Å². The lowest BCUT2D eigenvalue weighted by Crippen LogP contribution is -2.51. The smallest absolute Gasteiger partial charge is 0.315 e. The number of esters is 1. The predicted molar refractivity (Wildman–Crippen MR) is 150 cm³/mol. The highest BCUT2D eigenvalue weighted by Crippen LogP contribution is 2.35. The quantitative estimate of drug-likeness (QED) is 0.272. The van der Waals surface area contributed by atoms with Crippen molar-refractivity contribution in [3.05, 3.63) is 68.5 Å². The van der Waals surface area contributed by atoms with E-state index in [0.29, 0.717) is 36.6 Å². The number of rotatable bonds is 13. The van der Waals surface area contributed by atoms with E-state index in [1.807, 2.05) is 41.9 Å². The number of hydrogen-bond donors (Lipinski definition) is 2. The van der Waals surface area contributed by atoms with Gasteiger partial charge in [0.15, 0.2) is 11.5 Å². The summed E-state index contributed by atoms with van der Waals surface area (Å²) in [7, 11) is 1.30. The zero-order valence-electron chi connectivity index (χ0n) is 22.0. The molecule has 1 aromatic carbocycles. The van der Waals surface area contributed by atoms with E-state index in [0.717, 1.165) is 22.6 Å². The highest BCUT2D eigenvalue weighted by molar-refractivity contribution is 7.10. The van der Waals surface area contributed by atoms with Gasteiger partial charge < -0.3 is 29.7 Å². The molecule has 0 bridgehead atoms. The van der Waals surface area contributed by atoms with Crippen molar-refractivity contribution in [1.29, 1.82) is 0 Å². The number of ether oxygens (including phenoxy) is 3. The van der Waals surface area contributed by atoms with Gasteiger partial charge in [-0.3, -0.25) is 9.59 Å². The van der Waals surface area contributed by atoms with Gasteiger partial charge in [-0.25, -0.2) is 4.79 Å². The third kappa shape index (κ3) is 7.96. The Hall–Kier alpha value is -3.57. The van der Waals surface area contributed by atoms with Crippen molar-refractivity contribution in [2.45, 2.75) is 57.8 Å². The van der Waals surface area contributed by atoms with Crippen LogP contribution in [0, 0.1) is 0 Å². The average molecular weight is 572 g/mol. The number of amides is 3. The first kappa shape index (κ1) is 28.4. The Balaban J connectivity index is 1.50. The number of nitrogens with one attached hydrogen (secondary N) is 2. The normalized spacial score (nSPS) is 13.4. The Morgan fingerprint density at radius 2 is 1.69 bits per heavy atom. The van der Waals surface area contributed by atoms with Crippen LogP contribution in [0.2, 0.25) is 0 Å². The van der Waals surface area contributed by atoms with Crippen molar-refractivity contribution in [3.8, 4) is 11.5 Å². The third-order valence-corrected chi connectivity index (χ3v) is 8.04. The molecular formula is C28H33N3O6S2. The number of benzene rings is 1. The fourth-order valence-electron chi connectivity index (χ4n) is 4.27. The predicted octanol–water partition coefficient (Wildman–Crippen LogP) is 5.23. The van der Waals surface area contributed by atoms with E-state index >= 15 is 0 Å². The van der Waals surface area contributed by atoms with Gasteiger partial charge in [0.25, 0.3) is 0 Å². The van der Waals surface area contributed by atoms with Crippen molar-refractivity contribution in [2.75, 3.05) is 13.9 Å². The number of carbonyl (C=O) groups excluding carboxylic acids is 3. The lowest BCUT2D eigenvalue weighted by Gasteiger charge is -2.28. The van der Waals surface area contributed by atoms with E-state index in [-0.39, 0.29) is 19.1 Å². The Morgan fingerprint density at radius 1 is 1.00 bits per heavy atom.